The Balaban J connectivity index is 2.08. The zero-order valence-electron chi connectivity index (χ0n) is 11.4. The fourth-order valence-electron chi connectivity index (χ4n) is 1.70. The van der Waals surface area contributed by atoms with E-state index >= 15 is 0 Å². The first-order valence-electron chi connectivity index (χ1n) is 6.24. The monoisotopic (exact) mass is 291 g/mol. The lowest BCUT2D eigenvalue weighted by molar-refractivity contribution is 0.588. The minimum Gasteiger partial charge on any atom is -0.326 e. The lowest BCUT2D eigenvalue weighted by Crippen LogP contribution is -2.10. The van der Waals surface area contributed by atoms with E-state index in [0.717, 1.165) is 10.7 Å². The molecule has 0 atom stereocenters. The molecule has 0 spiro atoms. The molecule has 0 saturated heterocycles. The summed E-state index contributed by atoms with van der Waals surface area (Å²) < 4.78 is 3.31. The van der Waals surface area contributed by atoms with Crippen molar-refractivity contribution in [1.29, 1.82) is 0 Å². The fraction of sp³-hybridized carbons (Fsp3) is 0.250. The van der Waals surface area contributed by atoms with Crippen molar-refractivity contribution < 1.29 is 0 Å². The predicted octanol–water partition coefficient (Wildman–Crippen LogP) is 5.76. The second kappa shape index (κ2) is 5.89. The summed E-state index contributed by atoms with van der Waals surface area (Å²) in [6.07, 6.45) is 0. The first-order chi connectivity index (χ1) is 8.95. The second-order valence-corrected chi connectivity index (χ2v) is 6.81. The van der Waals surface area contributed by atoms with Crippen LogP contribution in [0.4, 0.5) is 5.69 Å². The molecule has 0 aliphatic heterocycles. The van der Waals surface area contributed by atoms with Gasteiger partial charge in [-0.15, -0.1) is 0 Å². The maximum absolute atomic E-state index is 5.96. The summed E-state index contributed by atoms with van der Waals surface area (Å²) in [7, 11) is 0. The number of hydrogen-bond donors (Lipinski definition) is 1. The fourth-order valence-corrected chi connectivity index (χ4v) is 2.58. The van der Waals surface area contributed by atoms with Crippen molar-refractivity contribution in [2.24, 2.45) is 0 Å². The first-order valence-corrected chi connectivity index (χ1v) is 7.43. The molecule has 1 N–H and O–H groups in total. The lowest BCUT2D eigenvalue weighted by atomic mass is 9.87. The maximum Gasteiger partial charge on any atom is 0.0457 e. The third-order valence-electron chi connectivity index (χ3n) is 2.81. The summed E-state index contributed by atoms with van der Waals surface area (Å²) in [6.45, 7) is 6.67. The van der Waals surface area contributed by atoms with E-state index in [4.69, 9.17) is 11.6 Å². The summed E-state index contributed by atoms with van der Waals surface area (Å²) in [5.41, 5.74) is 2.52. The van der Waals surface area contributed by atoms with Gasteiger partial charge < -0.3 is 4.72 Å². The molecule has 0 amide bonds. The number of benzene rings is 2. The van der Waals surface area contributed by atoms with E-state index in [1.807, 2.05) is 24.3 Å². The van der Waals surface area contributed by atoms with Crippen LogP contribution in [0, 0.1) is 0 Å². The molecule has 0 heterocycles. The third kappa shape index (κ3) is 4.19. The van der Waals surface area contributed by atoms with Crippen LogP contribution in [0.2, 0.25) is 5.02 Å². The molecule has 0 radical (unpaired) electrons. The third-order valence-corrected chi connectivity index (χ3v) is 3.87. The molecule has 0 saturated carbocycles. The van der Waals surface area contributed by atoms with Gasteiger partial charge in [0.05, 0.1) is 0 Å². The van der Waals surface area contributed by atoms with Crippen molar-refractivity contribution in [3.63, 3.8) is 0 Å². The molecule has 0 aliphatic carbocycles. The molecule has 100 valence electrons. The van der Waals surface area contributed by atoms with E-state index in [0.29, 0.717) is 0 Å². The molecule has 0 unspecified atom stereocenters. The van der Waals surface area contributed by atoms with E-state index in [1.54, 1.807) is 11.9 Å². The predicted molar refractivity (Wildman–Crippen MR) is 86.1 cm³/mol. The highest BCUT2D eigenvalue weighted by atomic mass is 35.5. The van der Waals surface area contributed by atoms with Crippen LogP contribution in [0.5, 0.6) is 0 Å². The minimum absolute atomic E-state index is 0.173. The van der Waals surface area contributed by atoms with Crippen LogP contribution < -0.4 is 4.72 Å². The lowest BCUT2D eigenvalue weighted by Gasteiger charge is -2.19. The average molecular weight is 292 g/mol. The van der Waals surface area contributed by atoms with Crippen molar-refractivity contribution in [2.75, 3.05) is 4.72 Å². The molecule has 2 rings (SSSR count). The molecular formula is C16H18ClNS. The molecule has 2 aromatic carbocycles. The Labute approximate surface area is 124 Å². The van der Waals surface area contributed by atoms with Gasteiger partial charge in [-0.25, -0.2) is 0 Å². The number of halogens is 1. The molecule has 0 bridgehead atoms. The minimum atomic E-state index is 0.173. The van der Waals surface area contributed by atoms with Crippen LogP contribution in [0.1, 0.15) is 26.3 Å². The second-order valence-electron chi connectivity index (χ2n) is 5.49. The van der Waals surface area contributed by atoms with Crippen LogP contribution in [-0.4, -0.2) is 0 Å². The van der Waals surface area contributed by atoms with Crippen LogP contribution in [0.3, 0.4) is 0 Å². The normalized spacial score (nSPS) is 11.4. The van der Waals surface area contributed by atoms with Gasteiger partial charge in [0.2, 0.25) is 0 Å². The highest BCUT2D eigenvalue weighted by Gasteiger charge is 2.13. The molecule has 1 nitrogen and oxygen atoms in total. The molecule has 0 fully saturated rings. The largest absolute Gasteiger partial charge is 0.326 e. The van der Waals surface area contributed by atoms with Crippen molar-refractivity contribution in [1.82, 2.24) is 0 Å². The van der Waals surface area contributed by atoms with Gasteiger partial charge in [-0.1, -0.05) is 50.6 Å². The summed E-state index contributed by atoms with van der Waals surface area (Å²) in [5, 5.41) is 0.744. The summed E-state index contributed by atoms with van der Waals surface area (Å²) in [6, 6.07) is 16.3. The first kappa shape index (κ1) is 14.3. The van der Waals surface area contributed by atoms with Gasteiger partial charge in [0.25, 0.3) is 0 Å². The van der Waals surface area contributed by atoms with E-state index in [-0.39, 0.29) is 5.41 Å². The Hall–Kier alpha value is -1.12. The van der Waals surface area contributed by atoms with Crippen LogP contribution in [0.15, 0.2) is 53.4 Å². The van der Waals surface area contributed by atoms with E-state index < -0.39 is 0 Å². The quantitative estimate of drug-likeness (QED) is 0.722. The zero-order valence-corrected chi connectivity index (χ0v) is 13.0. The van der Waals surface area contributed by atoms with Gasteiger partial charge in [-0.05, 0) is 53.3 Å². The van der Waals surface area contributed by atoms with Crippen molar-refractivity contribution in [3.05, 3.63) is 59.1 Å². The average Bonchev–Trinajstić information content (AvgIpc) is 2.36. The van der Waals surface area contributed by atoms with Crippen LogP contribution in [0.25, 0.3) is 0 Å². The Morgan fingerprint density at radius 2 is 1.74 bits per heavy atom. The van der Waals surface area contributed by atoms with Gasteiger partial charge in [0, 0.05) is 15.6 Å². The van der Waals surface area contributed by atoms with Crippen molar-refractivity contribution in [3.8, 4) is 0 Å². The molecule has 2 aromatic rings. The van der Waals surface area contributed by atoms with Gasteiger partial charge in [0.1, 0.15) is 0 Å². The number of nitrogens with one attached hydrogen (secondary N) is 1. The maximum atomic E-state index is 5.96. The summed E-state index contributed by atoms with van der Waals surface area (Å²) >= 11 is 7.57. The Bertz CT molecular complexity index is 561. The Morgan fingerprint density at radius 1 is 1.00 bits per heavy atom. The topological polar surface area (TPSA) is 12.0 Å². The number of hydrogen-bond acceptors (Lipinski definition) is 2. The Morgan fingerprint density at radius 3 is 2.42 bits per heavy atom. The van der Waals surface area contributed by atoms with E-state index in [9.17, 15) is 0 Å². The van der Waals surface area contributed by atoms with Crippen LogP contribution >= 0.6 is 23.5 Å². The smallest absolute Gasteiger partial charge is 0.0457 e. The van der Waals surface area contributed by atoms with Gasteiger partial charge >= 0.3 is 0 Å². The Kier molecular flexibility index (Phi) is 4.43. The number of anilines is 1. The molecule has 0 aromatic heterocycles. The summed E-state index contributed by atoms with van der Waals surface area (Å²) in [4.78, 5) is 1.20. The molecule has 0 aliphatic rings. The highest BCUT2D eigenvalue weighted by Crippen LogP contribution is 2.28. The molecule has 19 heavy (non-hydrogen) atoms. The zero-order chi connectivity index (χ0) is 13.9. The van der Waals surface area contributed by atoms with E-state index in [2.05, 4.69) is 49.8 Å². The van der Waals surface area contributed by atoms with Crippen molar-refractivity contribution in [2.45, 2.75) is 31.1 Å². The van der Waals surface area contributed by atoms with Gasteiger partial charge in [-0.2, -0.15) is 0 Å². The van der Waals surface area contributed by atoms with Gasteiger partial charge in [-0.3, -0.25) is 0 Å². The summed E-state index contributed by atoms with van der Waals surface area (Å²) in [5.74, 6) is 0. The van der Waals surface area contributed by atoms with Crippen molar-refractivity contribution >= 4 is 29.2 Å². The van der Waals surface area contributed by atoms with E-state index in [1.165, 1.54) is 10.5 Å². The standard InChI is InChI=1S/C16H18ClNS/c1-16(2,3)12-6-4-9-15(10-12)19-18-14-8-5-7-13(17)11-14/h4-11,18H,1-3H3. The number of rotatable bonds is 3. The highest BCUT2D eigenvalue weighted by molar-refractivity contribution is 8.00. The molecular weight excluding hydrogens is 274 g/mol. The van der Waals surface area contributed by atoms with Crippen LogP contribution in [-0.2, 0) is 5.41 Å². The SMILES string of the molecule is CC(C)(C)c1cccc(SNc2cccc(Cl)c2)c1. The van der Waals surface area contributed by atoms with Gasteiger partial charge in [0.15, 0.2) is 0 Å². The molecule has 3 heteroatoms.